The van der Waals surface area contributed by atoms with Crippen LogP contribution in [-0.4, -0.2) is 33.2 Å². The third kappa shape index (κ3) is 3.41. The molecular formula is C12H20N4OS. The van der Waals surface area contributed by atoms with Crippen molar-refractivity contribution in [3.8, 4) is 0 Å². The summed E-state index contributed by atoms with van der Waals surface area (Å²) in [6.07, 6.45) is 8.59. The fourth-order valence-electron chi connectivity index (χ4n) is 2.41. The zero-order chi connectivity index (χ0) is 13.0. The molecule has 2 unspecified atom stereocenters. The van der Waals surface area contributed by atoms with Crippen LogP contribution in [-0.2, 0) is 11.3 Å². The molecule has 5 nitrogen and oxygen atoms in total. The van der Waals surface area contributed by atoms with Crippen molar-refractivity contribution in [2.75, 3.05) is 12.0 Å². The Labute approximate surface area is 111 Å². The van der Waals surface area contributed by atoms with Crippen molar-refractivity contribution in [1.82, 2.24) is 15.1 Å². The van der Waals surface area contributed by atoms with Crippen molar-refractivity contribution in [2.24, 2.45) is 0 Å². The number of carbonyl (C=O) groups is 1. The van der Waals surface area contributed by atoms with Crippen LogP contribution in [0.1, 0.15) is 25.7 Å². The first-order valence-corrected chi connectivity index (χ1v) is 7.59. The number of nitrogens with one attached hydrogen (secondary N) is 1. The van der Waals surface area contributed by atoms with E-state index in [4.69, 9.17) is 5.73 Å². The maximum absolute atomic E-state index is 11.9. The minimum Gasteiger partial charge on any atom is -0.382 e. The van der Waals surface area contributed by atoms with E-state index in [9.17, 15) is 4.79 Å². The van der Waals surface area contributed by atoms with Crippen LogP contribution in [0.4, 0.5) is 5.82 Å². The molecule has 18 heavy (non-hydrogen) atoms. The second kappa shape index (κ2) is 6.13. The molecule has 6 heteroatoms. The minimum atomic E-state index is 0.0176. The number of amides is 1. The summed E-state index contributed by atoms with van der Waals surface area (Å²) >= 11 is 1.85. The van der Waals surface area contributed by atoms with Gasteiger partial charge >= 0.3 is 0 Å². The Morgan fingerprint density at radius 1 is 1.61 bits per heavy atom. The Balaban J connectivity index is 1.86. The Bertz CT molecular complexity index is 407. The number of aromatic nitrogens is 2. The van der Waals surface area contributed by atoms with Gasteiger partial charge in [0.15, 0.2) is 0 Å². The van der Waals surface area contributed by atoms with Gasteiger partial charge in [0, 0.05) is 17.5 Å². The maximum atomic E-state index is 11.9. The predicted molar refractivity (Wildman–Crippen MR) is 74.3 cm³/mol. The van der Waals surface area contributed by atoms with Crippen LogP contribution in [0.5, 0.6) is 0 Å². The molecule has 0 aliphatic heterocycles. The van der Waals surface area contributed by atoms with Crippen molar-refractivity contribution in [1.29, 1.82) is 0 Å². The van der Waals surface area contributed by atoms with E-state index in [0.29, 0.717) is 17.1 Å². The molecule has 100 valence electrons. The summed E-state index contributed by atoms with van der Waals surface area (Å²) in [5, 5.41) is 7.67. The molecule has 3 N–H and O–H groups in total. The van der Waals surface area contributed by atoms with E-state index in [1.807, 2.05) is 11.8 Å². The van der Waals surface area contributed by atoms with Crippen LogP contribution in [0, 0.1) is 0 Å². The van der Waals surface area contributed by atoms with Gasteiger partial charge < -0.3 is 11.1 Å². The second-order valence-corrected chi connectivity index (χ2v) is 5.75. The quantitative estimate of drug-likeness (QED) is 0.862. The lowest BCUT2D eigenvalue weighted by Gasteiger charge is -2.30. The number of hydrogen-bond donors (Lipinski definition) is 2. The number of nitrogens with two attached hydrogens (primary N) is 1. The molecule has 1 amide bonds. The smallest absolute Gasteiger partial charge is 0.241 e. The van der Waals surface area contributed by atoms with Gasteiger partial charge in [-0.2, -0.15) is 16.9 Å². The zero-order valence-electron chi connectivity index (χ0n) is 10.6. The maximum Gasteiger partial charge on any atom is 0.241 e. The largest absolute Gasteiger partial charge is 0.382 e. The molecule has 1 aliphatic carbocycles. The van der Waals surface area contributed by atoms with E-state index in [0.717, 1.165) is 6.42 Å². The van der Waals surface area contributed by atoms with Gasteiger partial charge in [0.1, 0.15) is 12.4 Å². The molecule has 0 spiro atoms. The summed E-state index contributed by atoms with van der Waals surface area (Å²) in [6.45, 7) is 0.245. The Hall–Kier alpha value is -1.17. The molecular weight excluding hydrogens is 248 g/mol. The summed E-state index contributed by atoms with van der Waals surface area (Å²) in [4.78, 5) is 11.9. The van der Waals surface area contributed by atoms with Crippen molar-refractivity contribution in [2.45, 2.75) is 43.5 Å². The lowest BCUT2D eigenvalue weighted by atomic mass is 9.95. The lowest BCUT2D eigenvalue weighted by Crippen LogP contribution is -2.44. The van der Waals surface area contributed by atoms with E-state index >= 15 is 0 Å². The van der Waals surface area contributed by atoms with Crippen LogP contribution < -0.4 is 11.1 Å². The number of anilines is 1. The molecule has 1 aromatic rings. The van der Waals surface area contributed by atoms with Crippen LogP contribution in [0.25, 0.3) is 0 Å². The van der Waals surface area contributed by atoms with Crippen molar-refractivity contribution >= 4 is 23.5 Å². The molecule has 1 fully saturated rings. The lowest BCUT2D eigenvalue weighted by molar-refractivity contribution is -0.122. The molecule has 1 heterocycles. The van der Waals surface area contributed by atoms with Gasteiger partial charge in [0.05, 0.1) is 0 Å². The third-order valence-electron chi connectivity index (χ3n) is 3.32. The zero-order valence-corrected chi connectivity index (χ0v) is 11.4. The number of carbonyl (C=O) groups excluding carboxylic acids is 1. The first kappa shape index (κ1) is 13.3. The summed E-state index contributed by atoms with van der Waals surface area (Å²) in [5.74, 6) is 0.464. The summed E-state index contributed by atoms with van der Waals surface area (Å²) in [5.41, 5.74) is 5.52. The number of thioether (sulfide) groups is 1. The van der Waals surface area contributed by atoms with Gasteiger partial charge in [-0.25, -0.2) is 0 Å². The molecule has 0 bridgehead atoms. The molecule has 0 saturated heterocycles. The molecule has 1 aromatic heterocycles. The topological polar surface area (TPSA) is 72.9 Å². The number of rotatable bonds is 4. The van der Waals surface area contributed by atoms with E-state index in [-0.39, 0.29) is 12.5 Å². The van der Waals surface area contributed by atoms with Gasteiger partial charge in [-0.05, 0) is 25.2 Å². The molecule has 2 rings (SSSR count). The fourth-order valence-corrected chi connectivity index (χ4v) is 3.34. The SMILES string of the molecule is CSC1CCCCC1NC(=O)Cn1ccc(N)n1. The van der Waals surface area contributed by atoms with Crippen molar-refractivity contribution in [3.63, 3.8) is 0 Å². The Kier molecular flexibility index (Phi) is 4.52. The van der Waals surface area contributed by atoms with Gasteiger partial charge in [-0.15, -0.1) is 0 Å². The monoisotopic (exact) mass is 268 g/mol. The molecule has 1 saturated carbocycles. The molecule has 1 aliphatic rings. The Morgan fingerprint density at radius 2 is 2.39 bits per heavy atom. The minimum absolute atomic E-state index is 0.0176. The predicted octanol–water partition coefficient (Wildman–Crippen LogP) is 1.26. The van der Waals surface area contributed by atoms with Gasteiger partial charge in [-0.1, -0.05) is 12.8 Å². The fraction of sp³-hybridized carbons (Fsp3) is 0.667. The number of nitrogen functional groups attached to an aromatic ring is 1. The standard InChI is InChI=1S/C12H20N4OS/c1-18-10-5-3-2-4-9(10)14-12(17)8-16-7-6-11(13)15-16/h6-7,9-10H,2-5,8H2,1H3,(H2,13,15)(H,14,17). The highest BCUT2D eigenvalue weighted by Crippen LogP contribution is 2.27. The highest BCUT2D eigenvalue weighted by Gasteiger charge is 2.25. The summed E-state index contributed by atoms with van der Waals surface area (Å²) < 4.78 is 1.57. The van der Waals surface area contributed by atoms with Crippen LogP contribution in [0.15, 0.2) is 12.3 Å². The van der Waals surface area contributed by atoms with E-state index < -0.39 is 0 Å². The van der Waals surface area contributed by atoms with Crippen LogP contribution >= 0.6 is 11.8 Å². The first-order chi connectivity index (χ1) is 8.69. The molecule has 2 atom stereocenters. The highest BCUT2D eigenvalue weighted by molar-refractivity contribution is 7.99. The first-order valence-electron chi connectivity index (χ1n) is 6.30. The van der Waals surface area contributed by atoms with Gasteiger partial charge in [0.2, 0.25) is 5.91 Å². The second-order valence-electron chi connectivity index (χ2n) is 4.67. The van der Waals surface area contributed by atoms with E-state index in [1.54, 1.807) is 16.9 Å². The van der Waals surface area contributed by atoms with E-state index in [1.165, 1.54) is 19.3 Å². The van der Waals surface area contributed by atoms with Gasteiger partial charge in [0.25, 0.3) is 0 Å². The summed E-state index contributed by atoms with van der Waals surface area (Å²) in [7, 11) is 0. The normalized spacial score (nSPS) is 23.8. The van der Waals surface area contributed by atoms with Crippen LogP contribution in [0.2, 0.25) is 0 Å². The number of nitrogens with zero attached hydrogens (tertiary/aromatic N) is 2. The average Bonchev–Trinajstić information content (AvgIpc) is 2.75. The van der Waals surface area contributed by atoms with Gasteiger partial charge in [-0.3, -0.25) is 9.48 Å². The third-order valence-corrected chi connectivity index (χ3v) is 4.49. The highest BCUT2D eigenvalue weighted by atomic mass is 32.2. The number of hydrogen-bond acceptors (Lipinski definition) is 4. The molecule has 0 aromatic carbocycles. The van der Waals surface area contributed by atoms with E-state index in [2.05, 4.69) is 16.7 Å². The summed E-state index contributed by atoms with van der Waals surface area (Å²) in [6, 6.07) is 1.99. The average molecular weight is 268 g/mol. The molecule has 0 radical (unpaired) electrons. The van der Waals surface area contributed by atoms with Crippen molar-refractivity contribution in [3.05, 3.63) is 12.3 Å². The van der Waals surface area contributed by atoms with Crippen molar-refractivity contribution < 1.29 is 4.79 Å². The van der Waals surface area contributed by atoms with Crippen LogP contribution in [0.3, 0.4) is 0 Å². The Morgan fingerprint density at radius 3 is 3.06 bits per heavy atom.